The molecule has 1 fully saturated rings. The molecule has 1 N–H and O–H groups in total. The molecule has 0 spiro atoms. The fourth-order valence-electron chi connectivity index (χ4n) is 6.87. The predicted octanol–water partition coefficient (Wildman–Crippen LogP) is 6.30. The Bertz CT molecular complexity index is 1040. The van der Waals surface area contributed by atoms with Crippen LogP contribution in [0.2, 0.25) is 0 Å². The van der Waals surface area contributed by atoms with Crippen molar-refractivity contribution in [3.05, 3.63) is 34.6 Å². The summed E-state index contributed by atoms with van der Waals surface area (Å²) in [4.78, 5) is 43.5. The van der Waals surface area contributed by atoms with Crippen LogP contribution in [0.5, 0.6) is 0 Å². The van der Waals surface area contributed by atoms with Crippen molar-refractivity contribution >= 4 is 17.3 Å². The Hall–Kier alpha value is -2.01. The van der Waals surface area contributed by atoms with Crippen molar-refractivity contribution in [3.8, 4) is 0 Å². The van der Waals surface area contributed by atoms with Crippen molar-refractivity contribution in [2.45, 2.75) is 113 Å². The first-order valence-corrected chi connectivity index (χ1v) is 13.5. The molecule has 36 heavy (non-hydrogen) atoms. The molecule has 1 saturated carbocycles. The number of hydrogen-bond donors (Lipinski definition) is 1. The second-order valence-electron chi connectivity index (χ2n) is 13.2. The van der Waals surface area contributed by atoms with Crippen LogP contribution in [0.1, 0.15) is 101 Å². The van der Waals surface area contributed by atoms with Crippen molar-refractivity contribution in [1.29, 1.82) is 0 Å². The summed E-state index contributed by atoms with van der Waals surface area (Å²) < 4.78 is 6.25. The molecule has 5 atom stereocenters. The first-order chi connectivity index (χ1) is 16.4. The Kier molecular flexibility index (Phi) is 7.44. The van der Waals surface area contributed by atoms with E-state index in [0.717, 1.165) is 0 Å². The maximum atomic E-state index is 14.7. The lowest BCUT2D eigenvalue weighted by Gasteiger charge is -2.60. The van der Waals surface area contributed by atoms with Gasteiger partial charge in [-0.1, -0.05) is 44.1 Å². The summed E-state index contributed by atoms with van der Waals surface area (Å²) in [7, 11) is 0. The molecular weight excluding hydrogens is 452 g/mol. The molecule has 200 valence electrons. The second kappa shape index (κ2) is 9.38. The van der Waals surface area contributed by atoms with Crippen LogP contribution in [0.3, 0.4) is 0 Å². The van der Waals surface area contributed by atoms with Gasteiger partial charge in [0.1, 0.15) is 11.9 Å². The second-order valence-corrected chi connectivity index (χ2v) is 13.2. The van der Waals surface area contributed by atoms with Crippen LogP contribution < -0.4 is 0 Å². The molecule has 1 aliphatic heterocycles. The quantitative estimate of drug-likeness (QED) is 0.314. The third-order valence-corrected chi connectivity index (χ3v) is 9.00. The Morgan fingerprint density at radius 2 is 1.69 bits per heavy atom. The number of carbonyl (C=O) groups excluding carboxylic acids is 3. The zero-order chi connectivity index (χ0) is 27.4. The zero-order valence-electron chi connectivity index (χ0n) is 24.0. The Labute approximate surface area is 217 Å². The van der Waals surface area contributed by atoms with Crippen molar-refractivity contribution in [2.24, 2.45) is 28.1 Å². The molecule has 0 amide bonds. The van der Waals surface area contributed by atoms with Crippen LogP contribution in [-0.4, -0.2) is 34.2 Å². The molecule has 2 aliphatic carbocycles. The standard InChI is InChI=1S/C31H46O5/c1-18(2)12-11-15-30(10)21(14-13-19(3)4)17-29(9)26-22(16-23(36-26)28(7,8)35)25(33)31(30,27(29)34)24(32)20(5)6/h12-13,20-21,23,35H,11,14-17H2,1-10H3/t21-,23+,29+,30+,31-/m0/s1. The van der Waals surface area contributed by atoms with Gasteiger partial charge in [0.2, 0.25) is 0 Å². The van der Waals surface area contributed by atoms with E-state index in [4.69, 9.17) is 4.74 Å². The van der Waals surface area contributed by atoms with E-state index in [9.17, 15) is 19.5 Å². The molecule has 0 saturated heterocycles. The fourth-order valence-corrected chi connectivity index (χ4v) is 6.87. The average Bonchev–Trinajstić information content (AvgIpc) is 3.21. The first-order valence-electron chi connectivity index (χ1n) is 13.5. The van der Waals surface area contributed by atoms with Crippen LogP contribution in [0, 0.1) is 28.1 Å². The SMILES string of the molecule is CC(C)=CCC[C@]1(C)[C@@H](CC=C(C)C)C[C@@]2(C)C(=O)[C@]1(C(=O)C(C)C)C(=O)C1=C2O[C@@H](C(C)(C)O)C1. The number of rotatable bonds is 8. The summed E-state index contributed by atoms with van der Waals surface area (Å²) in [5, 5.41) is 10.7. The van der Waals surface area contributed by atoms with E-state index >= 15 is 0 Å². The lowest BCUT2D eigenvalue weighted by molar-refractivity contribution is -0.180. The van der Waals surface area contributed by atoms with E-state index in [2.05, 4.69) is 12.2 Å². The summed E-state index contributed by atoms with van der Waals surface area (Å²) in [5.74, 6) is -1.10. The van der Waals surface area contributed by atoms with Crippen LogP contribution in [-0.2, 0) is 19.1 Å². The molecule has 3 rings (SSSR count). The van der Waals surface area contributed by atoms with Crippen molar-refractivity contribution in [2.75, 3.05) is 0 Å². The Morgan fingerprint density at radius 1 is 1.11 bits per heavy atom. The minimum atomic E-state index is -1.75. The number of allylic oxidation sites excluding steroid dienone is 5. The normalized spacial score (nSPS) is 33.9. The molecule has 5 nitrogen and oxygen atoms in total. The van der Waals surface area contributed by atoms with Crippen LogP contribution in [0.25, 0.3) is 0 Å². The minimum absolute atomic E-state index is 0.0638. The summed E-state index contributed by atoms with van der Waals surface area (Å²) in [6.07, 6.45) is 6.36. The van der Waals surface area contributed by atoms with Gasteiger partial charge < -0.3 is 9.84 Å². The number of carbonyl (C=O) groups is 3. The third-order valence-electron chi connectivity index (χ3n) is 9.00. The number of fused-ring (bicyclic) bond motifs is 3. The highest BCUT2D eigenvalue weighted by Crippen LogP contribution is 2.68. The maximum absolute atomic E-state index is 14.7. The summed E-state index contributed by atoms with van der Waals surface area (Å²) in [5.41, 5.74) is -2.08. The smallest absolute Gasteiger partial charge is 0.184 e. The van der Waals surface area contributed by atoms with Gasteiger partial charge in [0.25, 0.3) is 0 Å². The predicted molar refractivity (Wildman–Crippen MR) is 142 cm³/mol. The third kappa shape index (κ3) is 4.15. The van der Waals surface area contributed by atoms with Gasteiger partial charge in [0, 0.05) is 17.9 Å². The molecule has 5 heteroatoms. The molecule has 1 heterocycles. The molecule has 0 unspecified atom stereocenters. The van der Waals surface area contributed by atoms with Gasteiger partial charge in [-0.3, -0.25) is 14.4 Å². The number of ether oxygens (including phenoxy) is 1. The van der Waals surface area contributed by atoms with E-state index in [1.54, 1.807) is 27.7 Å². The van der Waals surface area contributed by atoms with E-state index < -0.39 is 33.9 Å². The number of hydrogen-bond acceptors (Lipinski definition) is 5. The monoisotopic (exact) mass is 498 g/mol. The van der Waals surface area contributed by atoms with E-state index in [1.807, 2.05) is 41.5 Å². The van der Waals surface area contributed by atoms with E-state index in [-0.39, 0.29) is 29.7 Å². The molecule has 0 aromatic heterocycles. The largest absolute Gasteiger partial charge is 0.490 e. The fraction of sp³-hybridized carbons (Fsp3) is 0.710. The molecule has 0 aromatic carbocycles. The number of Topliss-reactive ketones (excluding diaryl/α,β-unsaturated/α-hetero) is 3. The average molecular weight is 499 g/mol. The molecule has 2 bridgehead atoms. The van der Waals surface area contributed by atoms with Gasteiger partial charge >= 0.3 is 0 Å². The molecular formula is C31H46O5. The number of aliphatic hydroxyl groups is 1. The highest BCUT2D eigenvalue weighted by Gasteiger charge is 2.76. The van der Waals surface area contributed by atoms with Gasteiger partial charge in [-0.2, -0.15) is 0 Å². The van der Waals surface area contributed by atoms with E-state index in [1.165, 1.54) is 11.1 Å². The van der Waals surface area contributed by atoms with Gasteiger partial charge in [-0.25, -0.2) is 0 Å². The minimum Gasteiger partial charge on any atom is -0.490 e. The topological polar surface area (TPSA) is 80.7 Å². The van der Waals surface area contributed by atoms with E-state index in [0.29, 0.717) is 37.0 Å². The molecule has 0 radical (unpaired) electrons. The maximum Gasteiger partial charge on any atom is 0.184 e. The highest BCUT2D eigenvalue weighted by molar-refractivity contribution is 6.33. The zero-order valence-corrected chi connectivity index (χ0v) is 24.0. The van der Waals surface area contributed by atoms with Gasteiger partial charge in [0.15, 0.2) is 22.8 Å². The van der Waals surface area contributed by atoms with Crippen molar-refractivity contribution in [3.63, 3.8) is 0 Å². The van der Waals surface area contributed by atoms with Crippen LogP contribution in [0.4, 0.5) is 0 Å². The summed E-state index contributed by atoms with van der Waals surface area (Å²) in [6.45, 7) is 18.9. The number of ketones is 3. The van der Waals surface area contributed by atoms with Crippen LogP contribution >= 0.6 is 0 Å². The van der Waals surface area contributed by atoms with Crippen LogP contribution in [0.15, 0.2) is 34.6 Å². The lowest BCUT2D eigenvalue weighted by atomic mass is 9.38. The van der Waals surface area contributed by atoms with Gasteiger partial charge in [-0.05, 0) is 85.5 Å². The highest BCUT2D eigenvalue weighted by atomic mass is 16.5. The van der Waals surface area contributed by atoms with Gasteiger partial charge in [0.05, 0.1) is 11.0 Å². The first kappa shape index (κ1) is 28.6. The van der Waals surface area contributed by atoms with Crippen molar-refractivity contribution < 1.29 is 24.2 Å². The Morgan fingerprint density at radius 3 is 2.19 bits per heavy atom. The van der Waals surface area contributed by atoms with Crippen molar-refractivity contribution in [1.82, 2.24) is 0 Å². The Balaban J connectivity index is 2.33. The summed E-state index contributed by atoms with van der Waals surface area (Å²) >= 11 is 0. The molecule has 3 aliphatic rings. The summed E-state index contributed by atoms with van der Waals surface area (Å²) in [6, 6.07) is 0. The lowest BCUT2D eigenvalue weighted by Crippen LogP contribution is -2.70. The molecule has 0 aromatic rings. The van der Waals surface area contributed by atoms with Gasteiger partial charge in [-0.15, -0.1) is 0 Å².